The van der Waals surface area contributed by atoms with Crippen molar-refractivity contribution in [2.24, 2.45) is 0 Å². The van der Waals surface area contributed by atoms with Gasteiger partial charge in [0, 0.05) is 53.9 Å². The van der Waals surface area contributed by atoms with Crippen molar-refractivity contribution < 1.29 is 14.0 Å². The molecule has 4 aromatic rings. The van der Waals surface area contributed by atoms with Crippen molar-refractivity contribution in [3.05, 3.63) is 64.8 Å². The van der Waals surface area contributed by atoms with E-state index >= 15 is 0 Å². The molecular formula is C25H26FN5O2. The fourth-order valence-electron chi connectivity index (χ4n) is 5.73. The number of halogens is 1. The molecule has 3 aromatic heterocycles. The van der Waals surface area contributed by atoms with Crippen LogP contribution in [0.3, 0.4) is 0 Å². The number of hydrogen-bond donors (Lipinski definition) is 1. The number of anilines is 1. The fourth-order valence-corrected chi connectivity index (χ4v) is 5.73. The highest BCUT2D eigenvalue weighted by Gasteiger charge is 2.50. The number of aryl methyl sites for hydroxylation is 2. The number of rotatable bonds is 3. The Morgan fingerprint density at radius 3 is 2.45 bits per heavy atom. The van der Waals surface area contributed by atoms with Crippen LogP contribution in [0.2, 0.25) is 0 Å². The first-order valence-electron chi connectivity index (χ1n) is 11.4. The molecule has 6 rings (SSSR count). The van der Waals surface area contributed by atoms with E-state index in [9.17, 15) is 9.50 Å². The van der Waals surface area contributed by atoms with Crippen LogP contribution in [0.4, 0.5) is 10.2 Å². The Kier molecular flexibility index (Phi) is 4.39. The van der Waals surface area contributed by atoms with Gasteiger partial charge in [0.15, 0.2) is 5.65 Å². The lowest BCUT2D eigenvalue weighted by Gasteiger charge is -2.45. The number of nitrogens with zero attached hydrogens (tertiary/aromatic N) is 5. The van der Waals surface area contributed by atoms with Gasteiger partial charge in [0.2, 0.25) is 0 Å². The van der Waals surface area contributed by atoms with E-state index < -0.39 is 5.60 Å². The van der Waals surface area contributed by atoms with Gasteiger partial charge in [-0.15, -0.1) is 0 Å². The number of benzene rings is 1. The lowest BCUT2D eigenvalue weighted by atomic mass is 9.80. The maximum absolute atomic E-state index is 14.6. The largest absolute Gasteiger partial charge is 0.385 e. The maximum Gasteiger partial charge on any atom is 0.158 e. The molecule has 1 N–H and O–H groups in total. The summed E-state index contributed by atoms with van der Waals surface area (Å²) in [4.78, 5) is 7.14. The molecule has 2 saturated heterocycles. The summed E-state index contributed by atoms with van der Waals surface area (Å²) in [5.74, 6) is 1.38. The van der Waals surface area contributed by atoms with Crippen molar-refractivity contribution in [2.45, 2.75) is 64.1 Å². The Bertz CT molecular complexity index is 1360. The van der Waals surface area contributed by atoms with Crippen LogP contribution in [0.15, 0.2) is 40.9 Å². The third-order valence-electron chi connectivity index (χ3n) is 7.33. The van der Waals surface area contributed by atoms with Crippen LogP contribution in [-0.2, 0) is 5.60 Å². The van der Waals surface area contributed by atoms with Gasteiger partial charge in [-0.25, -0.2) is 9.37 Å². The van der Waals surface area contributed by atoms with Gasteiger partial charge in [-0.05, 0) is 39.7 Å². The van der Waals surface area contributed by atoms with Crippen LogP contribution in [-0.4, -0.2) is 36.9 Å². The molecule has 2 atom stereocenters. The van der Waals surface area contributed by atoms with Crippen LogP contribution < -0.4 is 4.90 Å². The van der Waals surface area contributed by atoms with Crippen molar-refractivity contribution in [3.8, 4) is 11.4 Å². The van der Waals surface area contributed by atoms with Gasteiger partial charge in [-0.1, -0.05) is 23.4 Å². The molecule has 33 heavy (non-hydrogen) atoms. The first-order valence-corrected chi connectivity index (χ1v) is 11.4. The molecule has 2 fully saturated rings. The summed E-state index contributed by atoms with van der Waals surface area (Å²) in [7, 11) is 0. The third-order valence-corrected chi connectivity index (χ3v) is 7.33. The molecule has 1 aromatic carbocycles. The van der Waals surface area contributed by atoms with Crippen molar-refractivity contribution in [1.29, 1.82) is 0 Å². The molecule has 2 aliphatic rings. The summed E-state index contributed by atoms with van der Waals surface area (Å²) < 4.78 is 21.7. The zero-order valence-corrected chi connectivity index (χ0v) is 18.9. The molecular weight excluding hydrogens is 421 g/mol. The van der Waals surface area contributed by atoms with E-state index in [4.69, 9.17) is 14.6 Å². The van der Waals surface area contributed by atoms with Crippen molar-refractivity contribution in [3.63, 3.8) is 0 Å². The first-order chi connectivity index (χ1) is 15.8. The highest BCUT2D eigenvalue weighted by atomic mass is 19.1. The molecule has 0 radical (unpaired) electrons. The second kappa shape index (κ2) is 7.12. The average molecular weight is 448 g/mol. The van der Waals surface area contributed by atoms with Crippen LogP contribution >= 0.6 is 0 Å². The van der Waals surface area contributed by atoms with Gasteiger partial charge in [0.1, 0.15) is 28.8 Å². The standard InChI is InChI=1S/C25H26FN5O2/c1-14-10-22(29-33-14)21-11-23-27-16(3)15(2)24(31(23)28-21)30-17-8-9-18(30)13-25(32,12-17)19-6-4-5-7-20(19)26/h4-7,10-11,17-18,32H,8-9,12-13H2,1-3H3/t17-,18-/m0/s1. The zero-order chi connectivity index (χ0) is 22.9. The molecule has 0 unspecified atom stereocenters. The monoisotopic (exact) mass is 447 g/mol. The highest BCUT2D eigenvalue weighted by molar-refractivity contribution is 5.65. The molecule has 2 bridgehead atoms. The van der Waals surface area contributed by atoms with Crippen LogP contribution in [0, 0.1) is 26.6 Å². The zero-order valence-electron chi connectivity index (χ0n) is 18.9. The lowest BCUT2D eigenvalue weighted by molar-refractivity contribution is -0.00635. The van der Waals surface area contributed by atoms with Gasteiger partial charge >= 0.3 is 0 Å². The predicted molar refractivity (Wildman–Crippen MR) is 122 cm³/mol. The molecule has 0 spiro atoms. The van der Waals surface area contributed by atoms with Crippen molar-refractivity contribution >= 4 is 11.5 Å². The summed E-state index contributed by atoms with van der Waals surface area (Å²) >= 11 is 0. The number of fused-ring (bicyclic) bond motifs is 3. The second-order valence-corrected chi connectivity index (χ2v) is 9.48. The Hall–Kier alpha value is -3.26. The smallest absolute Gasteiger partial charge is 0.158 e. The first kappa shape index (κ1) is 20.4. The van der Waals surface area contributed by atoms with Crippen molar-refractivity contribution in [1.82, 2.24) is 19.8 Å². The Labute approximate surface area is 190 Å². The van der Waals surface area contributed by atoms with Crippen LogP contribution in [0.25, 0.3) is 17.0 Å². The van der Waals surface area contributed by atoms with E-state index in [1.165, 1.54) is 6.07 Å². The minimum Gasteiger partial charge on any atom is -0.385 e. The summed E-state index contributed by atoms with van der Waals surface area (Å²) in [6.45, 7) is 5.93. The Morgan fingerprint density at radius 1 is 1.06 bits per heavy atom. The highest BCUT2D eigenvalue weighted by Crippen LogP contribution is 2.48. The molecule has 170 valence electrons. The summed E-state index contributed by atoms with van der Waals surface area (Å²) in [5.41, 5.74) is 3.36. The SMILES string of the molecule is Cc1cc(-c2cc3nc(C)c(C)c(N4[C@H]5CC[C@H]4CC(O)(c4ccccc4F)C5)n3n2)no1. The average Bonchev–Trinajstić information content (AvgIpc) is 3.46. The molecule has 8 heteroatoms. The summed E-state index contributed by atoms with van der Waals surface area (Å²) in [6.07, 6.45) is 2.84. The molecule has 7 nitrogen and oxygen atoms in total. The Morgan fingerprint density at radius 2 is 1.79 bits per heavy atom. The molecule has 0 amide bonds. The van der Waals surface area contributed by atoms with Crippen LogP contribution in [0.1, 0.15) is 48.3 Å². The van der Waals surface area contributed by atoms with E-state index in [2.05, 4.69) is 17.0 Å². The second-order valence-electron chi connectivity index (χ2n) is 9.48. The number of aromatic nitrogens is 4. The van der Waals surface area contributed by atoms with E-state index in [1.807, 2.05) is 30.5 Å². The summed E-state index contributed by atoms with van der Waals surface area (Å²) in [6, 6.07) is 10.6. The van der Waals surface area contributed by atoms with Crippen LogP contribution in [0.5, 0.6) is 0 Å². The Balaban J connectivity index is 1.44. The number of hydrogen-bond acceptors (Lipinski definition) is 6. The van der Waals surface area contributed by atoms with Gasteiger partial charge in [0.05, 0.1) is 5.60 Å². The van der Waals surface area contributed by atoms with Gasteiger partial charge in [-0.2, -0.15) is 9.61 Å². The molecule has 0 saturated carbocycles. The topological polar surface area (TPSA) is 79.7 Å². The maximum atomic E-state index is 14.6. The minimum absolute atomic E-state index is 0.0824. The van der Waals surface area contributed by atoms with Gasteiger partial charge in [0.25, 0.3) is 0 Å². The third kappa shape index (κ3) is 3.08. The van der Waals surface area contributed by atoms with E-state index in [0.29, 0.717) is 29.8 Å². The summed E-state index contributed by atoms with van der Waals surface area (Å²) in [5, 5.41) is 20.5. The minimum atomic E-state index is -1.17. The molecule has 2 aliphatic heterocycles. The lowest BCUT2D eigenvalue weighted by Crippen LogP contribution is -2.51. The van der Waals surface area contributed by atoms with E-state index in [0.717, 1.165) is 41.3 Å². The van der Waals surface area contributed by atoms with E-state index in [1.54, 1.807) is 18.2 Å². The normalized spacial score (nSPS) is 24.7. The quantitative estimate of drug-likeness (QED) is 0.499. The van der Waals surface area contributed by atoms with Gasteiger partial charge < -0.3 is 14.5 Å². The fraction of sp³-hybridized carbons (Fsp3) is 0.400. The van der Waals surface area contributed by atoms with E-state index in [-0.39, 0.29) is 17.9 Å². The number of piperidine rings is 1. The van der Waals surface area contributed by atoms with Gasteiger partial charge in [-0.3, -0.25) is 0 Å². The molecule has 0 aliphatic carbocycles. The number of aliphatic hydroxyl groups is 1. The predicted octanol–water partition coefficient (Wildman–Crippen LogP) is 4.47. The molecule has 5 heterocycles. The van der Waals surface area contributed by atoms with Crippen molar-refractivity contribution in [2.75, 3.05) is 4.90 Å².